The van der Waals surface area contributed by atoms with Crippen LogP contribution in [0.5, 0.6) is 0 Å². The number of carbonyl (C=O) groups is 1. The molecule has 0 bridgehead atoms. The van der Waals surface area contributed by atoms with E-state index in [4.69, 9.17) is 5.11 Å². The molecule has 1 fully saturated rings. The van der Waals surface area contributed by atoms with Crippen molar-refractivity contribution in [1.82, 2.24) is 9.97 Å². The molecule has 0 spiro atoms. The lowest BCUT2D eigenvalue weighted by Gasteiger charge is -2.17. The minimum atomic E-state index is -0.717. The van der Waals surface area contributed by atoms with Crippen molar-refractivity contribution in [1.29, 1.82) is 0 Å². The van der Waals surface area contributed by atoms with Crippen LogP contribution >= 0.6 is 0 Å². The molecule has 1 aromatic rings. The minimum Gasteiger partial charge on any atom is -0.481 e. The Morgan fingerprint density at radius 3 is 2.88 bits per heavy atom. The second-order valence-electron chi connectivity index (χ2n) is 4.73. The second-order valence-corrected chi connectivity index (χ2v) is 4.73. The molecule has 1 N–H and O–H groups in total. The molecule has 2 heterocycles. The van der Waals surface area contributed by atoms with Gasteiger partial charge >= 0.3 is 5.97 Å². The number of rotatable bonds is 3. The Balaban J connectivity index is 2.13. The van der Waals surface area contributed by atoms with E-state index in [9.17, 15) is 4.79 Å². The van der Waals surface area contributed by atoms with Crippen molar-refractivity contribution in [2.24, 2.45) is 5.92 Å². The van der Waals surface area contributed by atoms with Crippen LogP contribution in [-0.4, -0.2) is 34.1 Å². The van der Waals surface area contributed by atoms with E-state index in [0.29, 0.717) is 18.9 Å². The van der Waals surface area contributed by atoms with Crippen molar-refractivity contribution in [3.63, 3.8) is 0 Å². The van der Waals surface area contributed by atoms with Gasteiger partial charge in [-0.1, -0.05) is 13.8 Å². The Morgan fingerprint density at radius 1 is 1.53 bits per heavy atom. The van der Waals surface area contributed by atoms with E-state index >= 15 is 0 Å². The van der Waals surface area contributed by atoms with Crippen LogP contribution in [0, 0.1) is 5.92 Å². The normalized spacial score (nSPS) is 19.9. The van der Waals surface area contributed by atoms with E-state index in [1.165, 1.54) is 0 Å². The summed E-state index contributed by atoms with van der Waals surface area (Å²) < 4.78 is 0. The molecule has 17 heavy (non-hydrogen) atoms. The van der Waals surface area contributed by atoms with Crippen LogP contribution in [0.15, 0.2) is 12.4 Å². The summed E-state index contributed by atoms with van der Waals surface area (Å²) in [5, 5.41) is 8.96. The zero-order valence-electron chi connectivity index (χ0n) is 10.1. The average Bonchev–Trinajstić information content (AvgIpc) is 2.78. The van der Waals surface area contributed by atoms with Gasteiger partial charge in [0, 0.05) is 24.8 Å². The van der Waals surface area contributed by atoms with Gasteiger partial charge in [0.2, 0.25) is 0 Å². The van der Waals surface area contributed by atoms with Crippen LogP contribution in [-0.2, 0) is 4.79 Å². The zero-order valence-corrected chi connectivity index (χ0v) is 10.1. The molecule has 0 radical (unpaired) electrons. The maximum absolute atomic E-state index is 10.9. The first kappa shape index (κ1) is 11.8. The lowest BCUT2D eigenvalue weighted by Crippen LogP contribution is -2.23. The van der Waals surface area contributed by atoms with Crippen molar-refractivity contribution in [2.45, 2.75) is 26.2 Å². The quantitative estimate of drug-likeness (QED) is 0.860. The standard InChI is InChI=1S/C12H17N3O2/c1-8(2)10-5-11(14-7-13-10)15-4-3-9(6-15)12(16)17/h5,7-9H,3-4,6H2,1-2H3,(H,16,17). The molecule has 5 nitrogen and oxygen atoms in total. The Kier molecular flexibility index (Phi) is 3.26. The van der Waals surface area contributed by atoms with Gasteiger partial charge in [-0.3, -0.25) is 4.79 Å². The molecular formula is C12H17N3O2. The van der Waals surface area contributed by atoms with Gasteiger partial charge in [-0.05, 0) is 12.3 Å². The number of carboxylic acids is 1. The van der Waals surface area contributed by atoms with Gasteiger partial charge in [0.1, 0.15) is 12.1 Å². The van der Waals surface area contributed by atoms with Gasteiger partial charge in [-0.2, -0.15) is 0 Å². The van der Waals surface area contributed by atoms with E-state index in [2.05, 4.69) is 23.8 Å². The summed E-state index contributed by atoms with van der Waals surface area (Å²) in [6, 6.07) is 1.95. The van der Waals surface area contributed by atoms with Crippen LogP contribution in [0.1, 0.15) is 31.9 Å². The first-order valence-corrected chi connectivity index (χ1v) is 5.87. The fourth-order valence-corrected chi connectivity index (χ4v) is 2.02. The SMILES string of the molecule is CC(C)c1cc(N2CCC(C(=O)O)C2)ncn1. The smallest absolute Gasteiger partial charge is 0.308 e. The summed E-state index contributed by atoms with van der Waals surface area (Å²) in [6.07, 6.45) is 2.25. The number of hydrogen-bond donors (Lipinski definition) is 1. The highest BCUT2D eigenvalue weighted by atomic mass is 16.4. The summed E-state index contributed by atoms with van der Waals surface area (Å²) >= 11 is 0. The third kappa shape index (κ3) is 2.54. The summed E-state index contributed by atoms with van der Waals surface area (Å²) in [5.41, 5.74) is 0.994. The van der Waals surface area contributed by atoms with Crippen LogP contribution < -0.4 is 4.90 Å². The molecule has 1 unspecified atom stereocenters. The third-order valence-corrected chi connectivity index (χ3v) is 3.13. The summed E-state index contributed by atoms with van der Waals surface area (Å²) in [4.78, 5) is 21.3. The van der Waals surface area contributed by atoms with E-state index in [1.54, 1.807) is 6.33 Å². The van der Waals surface area contributed by atoms with Crippen molar-refractivity contribution in [3.8, 4) is 0 Å². The molecule has 2 rings (SSSR count). The highest BCUT2D eigenvalue weighted by molar-refractivity contribution is 5.71. The Morgan fingerprint density at radius 2 is 2.29 bits per heavy atom. The largest absolute Gasteiger partial charge is 0.481 e. The molecule has 1 aliphatic heterocycles. The molecule has 0 aliphatic carbocycles. The average molecular weight is 235 g/mol. The predicted octanol–water partition coefficient (Wildman–Crippen LogP) is 1.51. The lowest BCUT2D eigenvalue weighted by atomic mass is 10.1. The van der Waals surface area contributed by atoms with Crippen molar-refractivity contribution < 1.29 is 9.90 Å². The number of aromatic nitrogens is 2. The van der Waals surface area contributed by atoms with Crippen molar-refractivity contribution in [3.05, 3.63) is 18.1 Å². The highest BCUT2D eigenvalue weighted by Gasteiger charge is 2.28. The summed E-state index contributed by atoms with van der Waals surface area (Å²) in [5.74, 6) is 0.208. The van der Waals surface area contributed by atoms with Crippen LogP contribution in [0.25, 0.3) is 0 Å². The van der Waals surface area contributed by atoms with E-state index < -0.39 is 5.97 Å². The van der Waals surface area contributed by atoms with Gasteiger partial charge in [-0.25, -0.2) is 9.97 Å². The Bertz CT molecular complexity index is 420. The predicted molar refractivity (Wildman–Crippen MR) is 64.1 cm³/mol. The van der Waals surface area contributed by atoms with Crippen LogP contribution in [0.2, 0.25) is 0 Å². The molecule has 0 amide bonds. The molecule has 1 saturated heterocycles. The number of nitrogens with zero attached hydrogens (tertiary/aromatic N) is 3. The molecule has 1 aliphatic rings. The molecular weight excluding hydrogens is 218 g/mol. The first-order chi connectivity index (χ1) is 8.08. The molecule has 0 saturated carbocycles. The summed E-state index contributed by atoms with van der Waals surface area (Å²) in [6.45, 7) is 5.46. The van der Waals surface area contributed by atoms with Crippen molar-refractivity contribution in [2.75, 3.05) is 18.0 Å². The number of aliphatic carboxylic acids is 1. The Hall–Kier alpha value is -1.65. The fourth-order valence-electron chi connectivity index (χ4n) is 2.02. The van der Waals surface area contributed by atoms with Crippen LogP contribution in [0.4, 0.5) is 5.82 Å². The van der Waals surface area contributed by atoms with Crippen molar-refractivity contribution >= 4 is 11.8 Å². The van der Waals surface area contributed by atoms with E-state index in [1.807, 2.05) is 11.0 Å². The molecule has 1 atom stereocenters. The maximum Gasteiger partial charge on any atom is 0.308 e. The monoisotopic (exact) mass is 235 g/mol. The fraction of sp³-hybridized carbons (Fsp3) is 0.583. The van der Waals surface area contributed by atoms with Crippen LogP contribution in [0.3, 0.4) is 0 Å². The highest BCUT2D eigenvalue weighted by Crippen LogP contribution is 2.23. The van der Waals surface area contributed by atoms with E-state index in [-0.39, 0.29) is 5.92 Å². The number of anilines is 1. The number of hydrogen-bond acceptors (Lipinski definition) is 4. The van der Waals surface area contributed by atoms with Gasteiger partial charge in [0.15, 0.2) is 0 Å². The topological polar surface area (TPSA) is 66.3 Å². The number of carboxylic acid groups (broad SMARTS) is 1. The zero-order chi connectivity index (χ0) is 12.4. The van der Waals surface area contributed by atoms with Gasteiger partial charge in [0.05, 0.1) is 5.92 Å². The van der Waals surface area contributed by atoms with Gasteiger partial charge in [0.25, 0.3) is 0 Å². The maximum atomic E-state index is 10.9. The Labute approximate surface area is 100 Å². The van der Waals surface area contributed by atoms with E-state index in [0.717, 1.165) is 18.1 Å². The molecule has 0 aromatic carbocycles. The second kappa shape index (κ2) is 4.69. The van der Waals surface area contributed by atoms with Gasteiger partial charge in [-0.15, -0.1) is 0 Å². The third-order valence-electron chi connectivity index (χ3n) is 3.13. The molecule has 1 aromatic heterocycles. The minimum absolute atomic E-state index is 0.271. The molecule has 92 valence electrons. The van der Waals surface area contributed by atoms with Gasteiger partial charge < -0.3 is 10.0 Å². The summed E-state index contributed by atoms with van der Waals surface area (Å²) in [7, 11) is 0. The first-order valence-electron chi connectivity index (χ1n) is 5.87. The lowest BCUT2D eigenvalue weighted by molar-refractivity contribution is -0.140. The molecule has 5 heteroatoms.